The quantitative estimate of drug-likeness (QED) is 0.402. The van der Waals surface area contributed by atoms with Gasteiger partial charge < -0.3 is 17.7 Å². The second kappa shape index (κ2) is 19.3. The van der Waals surface area contributed by atoms with Gasteiger partial charge in [-0.25, -0.2) is 0 Å². The number of nitrogens with two attached hydrogens (primary N) is 1. The van der Waals surface area contributed by atoms with Crippen molar-refractivity contribution in [3.63, 3.8) is 0 Å². The van der Waals surface area contributed by atoms with Crippen molar-refractivity contribution in [3.05, 3.63) is 0 Å². The molecule has 0 aromatic carbocycles. The minimum absolute atomic E-state index is 0. The topological polar surface area (TPSA) is 16.6 Å². The zero-order chi connectivity index (χ0) is 2.71. The van der Waals surface area contributed by atoms with Gasteiger partial charge in [-0.15, -0.1) is 0 Å². The summed E-state index contributed by atoms with van der Waals surface area (Å²) in [5.41, 5.74) is 0. The van der Waals surface area contributed by atoms with E-state index in [1.54, 1.807) is 0 Å². The molecular weight excluding hydrogens is 188 g/mol. The Hall–Kier alpha value is 1.12. The van der Waals surface area contributed by atoms with Crippen molar-refractivity contribution in [3.8, 4) is 0 Å². The molecule has 0 aliphatic rings. The van der Waals surface area contributed by atoms with E-state index in [-0.39, 0.29) is 38.3 Å². The molecule has 0 aromatic rings. The molecule has 3 radical (unpaired) electrons. The Labute approximate surface area is 57.7 Å². The standard InChI is InChI=1S/C2H7N.ClH.In/c1-3-2;;/h3H,1-2H3;1H;. The van der Waals surface area contributed by atoms with E-state index in [4.69, 9.17) is 0 Å². The summed E-state index contributed by atoms with van der Waals surface area (Å²) in [6.45, 7) is 0. The molecule has 0 saturated heterocycles. The monoisotopic (exact) mass is 196 g/mol. The molecule has 0 rings (SSSR count). The van der Waals surface area contributed by atoms with Gasteiger partial charge in [0.25, 0.3) is 0 Å². The van der Waals surface area contributed by atoms with Gasteiger partial charge in [0.2, 0.25) is 0 Å². The summed E-state index contributed by atoms with van der Waals surface area (Å²) >= 11 is 0. The molecule has 0 bridgehead atoms. The molecule has 0 unspecified atom stereocenters. The first kappa shape index (κ1) is 16.5. The Morgan fingerprint density at radius 2 is 1.20 bits per heavy atom. The van der Waals surface area contributed by atoms with Crippen LogP contribution in [-0.4, -0.2) is 39.9 Å². The average Bonchev–Trinajstić information content (AvgIpc) is 0.918. The first-order valence-corrected chi connectivity index (χ1v) is 1.15. The predicted molar refractivity (Wildman–Crippen MR) is 19.5 cm³/mol. The molecule has 0 heterocycles. The smallest absolute Gasteiger partial charge is 0.0647 e. The van der Waals surface area contributed by atoms with Gasteiger partial charge in [-0.05, 0) is 0 Å². The molecule has 31 valence electrons. The fourth-order valence-electron chi connectivity index (χ4n) is 0. The summed E-state index contributed by atoms with van der Waals surface area (Å²) in [5.74, 6) is 0. The predicted octanol–water partition coefficient (Wildman–Crippen LogP) is -4.57. The van der Waals surface area contributed by atoms with E-state index < -0.39 is 0 Å². The molecular formula is C2H8ClInN. The van der Waals surface area contributed by atoms with Crippen LogP contribution in [0.1, 0.15) is 0 Å². The summed E-state index contributed by atoms with van der Waals surface area (Å²) in [6.07, 6.45) is 0. The SMILES string of the molecule is C[NH2+]C.[Cl-].[In]. The van der Waals surface area contributed by atoms with Crippen molar-refractivity contribution < 1.29 is 17.7 Å². The average molecular weight is 196 g/mol. The number of hydrogen-bond acceptors (Lipinski definition) is 0. The van der Waals surface area contributed by atoms with E-state index in [2.05, 4.69) is 0 Å². The van der Waals surface area contributed by atoms with Crippen LogP contribution in [0.3, 0.4) is 0 Å². The van der Waals surface area contributed by atoms with Crippen molar-refractivity contribution in [2.75, 3.05) is 14.1 Å². The normalized spacial score (nSPS) is 3.60. The molecule has 0 atom stereocenters. The Bertz CT molecular complexity index is 9.61. The van der Waals surface area contributed by atoms with E-state index in [1.807, 2.05) is 19.4 Å². The summed E-state index contributed by atoms with van der Waals surface area (Å²) in [4.78, 5) is 0. The van der Waals surface area contributed by atoms with Gasteiger partial charge in [-0.3, -0.25) is 0 Å². The number of halogens is 1. The van der Waals surface area contributed by atoms with Crippen LogP contribution in [0.25, 0.3) is 0 Å². The van der Waals surface area contributed by atoms with Crippen molar-refractivity contribution in [1.29, 1.82) is 0 Å². The fourth-order valence-corrected chi connectivity index (χ4v) is 0. The maximum atomic E-state index is 2.00. The van der Waals surface area contributed by atoms with Crippen LogP contribution in [0.2, 0.25) is 0 Å². The third-order valence-corrected chi connectivity index (χ3v) is 0. The minimum Gasteiger partial charge on any atom is -1.00 e. The second-order valence-electron chi connectivity index (χ2n) is 0.577. The molecule has 0 saturated carbocycles. The van der Waals surface area contributed by atoms with Crippen LogP contribution in [0.15, 0.2) is 0 Å². The fraction of sp³-hybridized carbons (Fsp3) is 1.00. The number of quaternary nitrogens is 1. The molecule has 0 spiro atoms. The van der Waals surface area contributed by atoms with Crippen LogP contribution in [0.4, 0.5) is 0 Å². The van der Waals surface area contributed by atoms with E-state index in [0.29, 0.717) is 0 Å². The zero-order valence-electron chi connectivity index (χ0n) is 3.53. The molecule has 0 fully saturated rings. The Kier molecular flexibility index (Phi) is 63.7. The zero-order valence-corrected chi connectivity index (χ0v) is 7.58. The van der Waals surface area contributed by atoms with Crippen LogP contribution in [0.5, 0.6) is 0 Å². The van der Waals surface area contributed by atoms with Crippen molar-refractivity contribution in [2.24, 2.45) is 0 Å². The maximum absolute atomic E-state index is 2.00. The molecule has 5 heavy (non-hydrogen) atoms. The molecule has 3 heteroatoms. The second-order valence-corrected chi connectivity index (χ2v) is 0.577. The van der Waals surface area contributed by atoms with Crippen LogP contribution in [0, 0.1) is 0 Å². The Balaban J connectivity index is -0.0000000200. The first-order chi connectivity index (χ1) is 1.41. The van der Waals surface area contributed by atoms with Crippen molar-refractivity contribution in [2.45, 2.75) is 0 Å². The molecule has 1 nitrogen and oxygen atoms in total. The van der Waals surface area contributed by atoms with Gasteiger partial charge in [0.15, 0.2) is 0 Å². The van der Waals surface area contributed by atoms with Crippen molar-refractivity contribution >= 4 is 25.8 Å². The maximum Gasteiger partial charge on any atom is 0.0647 e. The third kappa shape index (κ3) is 39.7. The van der Waals surface area contributed by atoms with Crippen molar-refractivity contribution in [1.82, 2.24) is 0 Å². The largest absolute Gasteiger partial charge is 1.00 e. The van der Waals surface area contributed by atoms with Gasteiger partial charge in [0.05, 0.1) is 14.1 Å². The first-order valence-electron chi connectivity index (χ1n) is 1.15. The summed E-state index contributed by atoms with van der Waals surface area (Å²) in [5, 5.41) is 2.00. The number of hydrogen-bond donors (Lipinski definition) is 1. The van der Waals surface area contributed by atoms with E-state index in [1.165, 1.54) is 0 Å². The molecule has 2 N–H and O–H groups in total. The van der Waals surface area contributed by atoms with Gasteiger partial charge in [0, 0.05) is 25.8 Å². The van der Waals surface area contributed by atoms with E-state index in [0.717, 1.165) is 0 Å². The van der Waals surface area contributed by atoms with Gasteiger partial charge >= 0.3 is 0 Å². The third-order valence-electron chi connectivity index (χ3n) is 0. The van der Waals surface area contributed by atoms with Gasteiger partial charge in [-0.2, -0.15) is 0 Å². The summed E-state index contributed by atoms with van der Waals surface area (Å²) < 4.78 is 0. The molecule has 0 aliphatic carbocycles. The summed E-state index contributed by atoms with van der Waals surface area (Å²) in [6, 6.07) is 0. The summed E-state index contributed by atoms with van der Waals surface area (Å²) in [7, 11) is 4.00. The molecule has 0 aromatic heterocycles. The Morgan fingerprint density at radius 1 is 1.20 bits per heavy atom. The van der Waals surface area contributed by atoms with E-state index in [9.17, 15) is 0 Å². The van der Waals surface area contributed by atoms with Crippen LogP contribution in [-0.2, 0) is 0 Å². The number of rotatable bonds is 0. The van der Waals surface area contributed by atoms with Gasteiger partial charge in [-0.1, -0.05) is 0 Å². The Morgan fingerprint density at radius 3 is 1.20 bits per heavy atom. The van der Waals surface area contributed by atoms with Crippen LogP contribution >= 0.6 is 0 Å². The molecule has 0 aliphatic heterocycles. The van der Waals surface area contributed by atoms with Crippen LogP contribution < -0.4 is 17.7 Å². The molecule has 0 amide bonds. The van der Waals surface area contributed by atoms with Gasteiger partial charge in [0.1, 0.15) is 0 Å². The minimum atomic E-state index is 0. The van der Waals surface area contributed by atoms with E-state index >= 15 is 0 Å².